The van der Waals surface area contributed by atoms with Crippen molar-refractivity contribution >= 4 is 15.9 Å². The van der Waals surface area contributed by atoms with E-state index in [9.17, 15) is 0 Å². The van der Waals surface area contributed by atoms with Crippen LogP contribution in [0.1, 0.15) is 44.7 Å². The van der Waals surface area contributed by atoms with Crippen molar-refractivity contribution in [2.45, 2.75) is 39.2 Å². The Kier molecular flexibility index (Phi) is 5.07. The standard InChI is InChI=1S/C15H22BrNO/c1-3-17-11(2)14-10-13(16)6-7-15(14)18-9-8-12-4-5-12/h6-7,10-12,17H,3-5,8-9H2,1-2H3. The molecule has 1 aromatic rings. The summed E-state index contributed by atoms with van der Waals surface area (Å²) < 4.78 is 7.06. The molecule has 1 aliphatic carbocycles. The Bertz CT molecular complexity index is 390. The fraction of sp³-hybridized carbons (Fsp3) is 0.600. The molecule has 0 spiro atoms. The number of ether oxygens (including phenoxy) is 1. The first-order chi connectivity index (χ1) is 8.70. The van der Waals surface area contributed by atoms with Crippen molar-refractivity contribution in [3.05, 3.63) is 28.2 Å². The van der Waals surface area contributed by atoms with E-state index < -0.39 is 0 Å². The Morgan fingerprint density at radius 3 is 2.89 bits per heavy atom. The maximum Gasteiger partial charge on any atom is 0.124 e. The Labute approximate surface area is 118 Å². The number of halogens is 1. The molecule has 0 saturated heterocycles. The molecule has 3 heteroatoms. The monoisotopic (exact) mass is 311 g/mol. The van der Waals surface area contributed by atoms with Crippen molar-refractivity contribution in [3.63, 3.8) is 0 Å². The summed E-state index contributed by atoms with van der Waals surface area (Å²) in [7, 11) is 0. The number of benzene rings is 1. The summed E-state index contributed by atoms with van der Waals surface area (Å²) in [6.45, 7) is 6.12. The maximum atomic E-state index is 5.95. The summed E-state index contributed by atoms with van der Waals surface area (Å²) in [6.07, 6.45) is 3.99. The van der Waals surface area contributed by atoms with Gasteiger partial charge in [0.1, 0.15) is 5.75 Å². The van der Waals surface area contributed by atoms with Gasteiger partial charge in [0.25, 0.3) is 0 Å². The lowest BCUT2D eigenvalue weighted by Gasteiger charge is -2.18. The van der Waals surface area contributed by atoms with Gasteiger partial charge in [-0.3, -0.25) is 0 Å². The second kappa shape index (κ2) is 6.58. The van der Waals surface area contributed by atoms with Crippen molar-refractivity contribution in [3.8, 4) is 5.75 Å². The van der Waals surface area contributed by atoms with E-state index in [1.165, 1.54) is 24.8 Å². The molecule has 100 valence electrons. The molecule has 1 saturated carbocycles. The van der Waals surface area contributed by atoms with Crippen LogP contribution < -0.4 is 10.1 Å². The van der Waals surface area contributed by atoms with Crippen molar-refractivity contribution in [1.29, 1.82) is 0 Å². The molecule has 0 heterocycles. The molecule has 0 bridgehead atoms. The van der Waals surface area contributed by atoms with E-state index in [4.69, 9.17) is 4.74 Å². The molecular formula is C15H22BrNO. The fourth-order valence-corrected chi connectivity index (χ4v) is 2.53. The van der Waals surface area contributed by atoms with E-state index in [0.29, 0.717) is 6.04 Å². The van der Waals surface area contributed by atoms with Gasteiger partial charge >= 0.3 is 0 Å². The van der Waals surface area contributed by atoms with E-state index in [0.717, 1.165) is 29.3 Å². The average molecular weight is 312 g/mol. The van der Waals surface area contributed by atoms with Crippen LogP contribution in [0, 0.1) is 5.92 Å². The van der Waals surface area contributed by atoms with Gasteiger partial charge in [0.2, 0.25) is 0 Å². The first-order valence-corrected chi connectivity index (χ1v) is 7.65. The topological polar surface area (TPSA) is 21.3 Å². The molecule has 2 rings (SSSR count). The highest BCUT2D eigenvalue weighted by Crippen LogP contribution is 2.33. The second-order valence-corrected chi connectivity index (χ2v) is 5.96. The van der Waals surface area contributed by atoms with Gasteiger partial charge in [-0.25, -0.2) is 0 Å². The summed E-state index contributed by atoms with van der Waals surface area (Å²) in [5, 5.41) is 3.44. The first kappa shape index (κ1) is 13.9. The number of rotatable bonds is 7. The van der Waals surface area contributed by atoms with Crippen LogP contribution in [0.5, 0.6) is 5.75 Å². The minimum Gasteiger partial charge on any atom is -0.493 e. The largest absolute Gasteiger partial charge is 0.493 e. The maximum absolute atomic E-state index is 5.95. The molecule has 1 unspecified atom stereocenters. The van der Waals surface area contributed by atoms with Gasteiger partial charge < -0.3 is 10.1 Å². The Hall–Kier alpha value is -0.540. The van der Waals surface area contributed by atoms with Gasteiger partial charge in [-0.05, 0) is 44.0 Å². The van der Waals surface area contributed by atoms with Gasteiger partial charge in [0.05, 0.1) is 6.61 Å². The molecule has 0 aliphatic heterocycles. The van der Waals surface area contributed by atoms with E-state index in [-0.39, 0.29) is 0 Å². The summed E-state index contributed by atoms with van der Waals surface area (Å²) in [6, 6.07) is 6.59. The van der Waals surface area contributed by atoms with Gasteiger partial charge in [-0.1, -0.05) is 35.7 Å². The zero-order valence-corrected chi connectivity index (χ0v) is 12.8. The first-order valence-electron chi connectivity index (χ1n) is 6.86. The van der Waals surface area contributed by atoms with Crippen LogP contribution in [-0.2, 0) is 0 Å². The Balaban J connectivity index is 2.01. The SMILES string of the molecule is CCNC(C)c1cc(Br)ccc1OCCC1CC1. The lowest BCUT2D eigenvalue weighted by Crippen LogP contribution is -2.18. The quantitative estimate of drug-likeness (QED) is 0.810. The minimum absolute atomic E-state index is 0.323. The van der Waals surface area contributed by atoms with E-state index in [1.807, 2.05) is 0 Å². The molecule has 1 fully saturated rings. The normalized spacial score (nSPS) is 16.6. The molecule has 1 N–H and O–H groups in total. The molecule has 0 aromatic heterocycles. The molecule has 0 amide bonds. The fourth-order valence-electron chi connectivity index (χ4n) is 2.15. The lowest BCUT2D eigenvalue weighted by molar-refractivity contribution is 0.296. The van der Waals surface area contributed by atoms with Crippen molar-refractivity contribution in [2.75, 3.05) is 13.2 Å². The van der Waals surface area contributed by atoms with Crippen LogP contribution in [-0.4, -0.2) is 13.2 Å². The van der Waals surface area contributed by atoms with E-state index in [1.54, 1.807) is 0 Å². The van der Waals surface area contributed by atoms with Crippen LogP contribution in [0.3, 0.4) is 0 Å². The third-order valence-electron chi connectivity index (χ3n) is 3.43. The predicted molar refractivity (Wildman–Crippen MR) is 79.1 cm³/mol. The zero-order valence-electron chi connectivity index (χ0n) is 11.2. The highest BCUT2D eigenvalue weighted by Gasteiger charge is 2.21. The number of nitrogens with one attached hydrogen (secondary N) is 1. The lowest BCUT2D eigenvalue weighted by atomic mass is 10.1. The minimum atomic E-state index is 0.323. The summed E-state index contributed by atoms with van der Waals surface area (Å²) in [5.74, 6) is 1.95. The van der Waals surface area contributed by atoms with E-state index >= 15 is 0 Å². The van der Waals surface area contributed by atoms with Crippen LogP contribution in [0.25, 0.3) is 0 Å². The van der Waals surface area contributed by atoms with Crippen LogP contribution in [0.15, 0.2) is 22.7 Å². The molecule has 0 radical (unpaired) electrons. The third kappa shape index (κ3) is 3.99. The molecule has 1 atom stereocenters. The number of hydrogen-bond donors (Lipinski definition) is 1. The van der Waals surface area contributed by atoms with Gasteiger partial charge in [0.15, 0.2) is 0 Å². The van der Waals surface area contributed by atoms with Gasteiger partial charge in [0, 0.05) is 16.1 Å². The highest BCUT2D eigenvalue weighted by molar-refractivity contribution is 9.10. The summed E-state index contributed by atoms with van der Waals surface area (Å²) in [5.41, 5.74) is 1.24. The van der Waals surface area contributed by atoms with Crippen molar-refractivity contribution in [1.82, 2.24) is 5.32 Å². The Morgan fingerprint density at radius 1 is 1.44 bits per heavy atom. The average Bonchev–Trinajstić information content (AvgIpc) is 3.15. The van der Waals surface area contributed by atoms with Crippen molar-refractivity contribution in [2.24, 2.45) is 5.92 Å². The second-order valence-electron chi connectivity index (χ2n) is 5.04. The summed E-state index contributed by atoms with van der Waals surface area (Å²) in [4.78, 5) is 0. The Morgan fingerprint density at radius 2 is 2.22 bits per heavy atom. The smallest absolute Gasteiger partial charge is 0.124 e. The zero-order chi connectivity index (χ0) is 13.0. The molecule has 2 nitrogen and oxygen atoms in total. The van der Waals surface area contributed by atoms with Crippen LogP contribution >= 0.6 is 15.9 Å². The van der Waals surface area contributed by atoms with Crippen LogP contribution in [0.4, 0.5) is 0 Å². The summed E-state index contributed by atoms with van der Waals surface area (Å²) >= 11 is 3.53. The molecule has 1 aliphatic rings. The number of hydrogen-bond acceptors (Lipinski definition) is 2. The van der Waals surface area contributed by atoms with E-state index in [2.05, 4.69) is 53.3 Å². The van der Waals surface area contributed by atoms with Gasteiger partial charge in [-0.2, -0.15) is 0 Å². The molecule has 1 aromatic carbocycles. The molecule has 18 heavy (non-hydrogen) atoms. The predicted octanol–water partition coefficient (Wildman–Crippen LogP) is 4.30. The van der Waals surface area contributed by atoms with Crippen LogP contribution in [0.2, 0.25) is 0 Å². The highest BCUT2D eigenvalue weighted by atomic mass is 79.9. The van der Waals surface area contributed by atoms with Crippen molar-refractivity contribution < 1.29 is 4.74 Å². The van der Waals surface area contributed by atoms with Gasteiger partial charge in [-0.15, -0.1) is 0 Å². The molecular weight excluding hydrogens is 290 g/mol. The third-order valence-corrected chi connectivity index (χ3v) is 3.92.